The van der Waals surface area contributed by atoms with E-state index < -0.39 is 18.0 Å². The van der Waals surface area contributed by atoms with Crippen molar-refractivity contribution in [2.24, 2.45) is 5.73 Å². The molecule has 0 bridgehead atoms. The Hall–Kier alpha value is -2.94. The minimum absolute atomic E-state index is 0.144. The second-order valence-electron chi connectivity index (χ2n) is 6.17. The minimum atomic E-state index is -0.639. The summed E-state index contributed by atoms with van der Waals surface area (Å²) in [6.07, 6.45) is -0.0141. The number of fused-ring (bicyclic) bond motifs is 1. The highest BCUT2D eigenvalue weighted by Crippen LogP contribution is 2.28. The van der Waals surface area contributed by atoms with Gasteiger partial charge in [-0.15, -0.1) is 0 Å². The van der Waals surface area contributed by atoms with Crippen LogP contribution < -0.4 is 16.4 Å². The largest absolute Gasteiger partial charge is 0.448 e. The van der Waals surface area contributed by atoms with Crippen molar-refractivity contribution in [3.63, 3.8) is 0 Å². The molecule has 26 heavy (non-hydrogen) atoms. The van der Waals surface area contributed by atoms with Gasteiger partial charge in [0.1, 0.15) is 12.6 Å². The number of carbonyl (C=O) groups is 4. The lowest BCUT2D eigenvalue weighted by Gasteiger charge is -2.29. The summed E-state index contributed by atoms with van der Waals surface area (Å²) in [5.74, 6) is -0.978. The fourth-order valence-corrected chi connectivity index (χ4v) is 3.11. The van der Waals surface area contributed by atoms with Crippen LogP contribution >= 0.6 is 0 Å². The predicted octanol–water partition coefficient (Wildman–Crippen LogP) is -0.367. The summed E-state index contributed by atoms with van der Waals surface area (Å²) >= 11 is 0. The Morgan fingerprint density at radius 3 is 2.88 bits per heavy atom. The standard InChI is InChI=1S/C17H20N4O5/c18-5-6-26-17(25)19-8-10-1-2-12-11(7-10)9-21(16(12)24)13-3-4-14(22)20-15(13)23/h1-2,7,13H,3-6,8-9,18H2,(H,19,25)(H,20,22,23). The molecule has 4 N–H and O–H groups in total. The predicted molar refractivity (Wildman–Crippen MR) is 89.7 cm³/mol. The highest BCUT2D eigenvalue weighted by Gasteiger charge is 2.38. The van der Waals surface area contributed by atoms with Crippen molar-refractivity contribution in [3.8, 4) is 0 Å². The lowest BCUT2D eigenvalue weighted by atomic mass is 10.0. The Balaban J connectivity index is 1.65. The molecule has 2 heterocycles. The highest BCUT2D eigenvalue weighted by molar-refractivity contribution is 6.05. The molecule has 2 aliphatic heterocycles. The van der Waals surface area contributed by atoms with Crippen molar-refractivity contribution >= 4 is 23.8 Å². The molecule has 1 fully saturated rings. The first-order valence-electron chi connectivity index (χ1n) is 8.36. The average molecular weight is 360 g/mol. The topological polar surface area (TPSA) is 131 Å². The maximum Gasteiger partial charge on any atom is 0.407 e. The van der Waals surface area contributed by atoms with E-state index >= 15 is 0 Å². The zero-order chi connectivity index (χ0) is 18.7. The number of hydrogen-bond acceptors (Lipinski definition) is 6. The lowest BCUT2D eigenvalue weighted by Crippen LogP contribution is -2.52. The summed E-state index contributed by atoms with van der Waals surface area (Å²) in [5.41, 5.74) is 7.39. The molecule has 3 rings (SSSR count). The van der Waals surface area contributed by atoms with E-state index in [-0.39, 0.29) is 37.9 Å². The van der Waals surface area contributed by atoms with Crippen molar-refractivity contribution in [2.75, 3.05) is 13.2 Å². The third-order valence-electron chi connectivity index (χ3n) is 4.38. The van der Waals surface area contributed by atoms with Gasteiger partial charge >= 0.3 is 6.09 Å². The SMILES string of the molecule is NCCOC(=O)NCc1ccc2c(c1)CN(C1CCC(=O)NC1=O)C2=O. The number of ether oxygens (including phenoxy) is 1. The van der Waals surface area contributed by atoms with E-state index in [1.165, 1.54) is 4.90 Å². The van der Waals surface area contributed by atoms with Crippen LogP contribution in [0.5, 0.6) is 0 Å². The van der Waals surface area contributed by atoms with Gasteiger partial charge in [-0.25, -0.2) is 4.79 Å². The van der Waals surface area contributed by atoms with Crippen molar-refractivity contribution in [2.45, 2.75) is 32.0 Å². The summed E-state index contributed by atoms with van der Waals surface area (Å²) in [7, 11) is 0. The summed E-state index contributed by atoms with van der Waals surface area (Å²) in [5, 5.41) is 4.88. The van der Waals surface area contributed by atoms with Crippen molar-refractivity contribution in [1.29, 1.82) is 0 Å². The zero-order valence-corrected chi connectivity index (χ0v) is 14.1. The fraction of sp³-hybridized carbons (Fsp3) is 0.412. The molecule has 0 spiro atoms. The molecular formula is C17H20N4O5. The monoisotopic (exact) mass is 360 g/mol. The normalized spacial score (nSPS) is 19.2. The maximum atomic E-state index is 12.6. The van der Waals surface area contributed by atoms with Gasteiger partial charge < -0.3 is 20.7 Å². The van der Waals surface area contributed by atoms with Crippen molar-refractivity contribution in [3.05, 3.63) is 34.9 Å². The van der Waals surface area contributed by atoms with Crippen molar-refractivity contribution in [1.82, 2.24) is 15.5 Å². The maximum absolute atomic E-state index is 12.6. The molecule has 1 unspecified atom stereocenters. The second-order valence-corrected chi connectivity index (χ2v) is 6.17. The first-order valence-corrected chi connectivity index (χ1v) is 8.36. The van der Waals surface area contributed by atoms with Gasteiger partial charge in [0.15, 0.2) is 0 Å². The quantitative estimate of drug-likeness (QED) is 0.614. The van der Waals surface area contributed by atoms with Crippen LogP contribution in [-0.4, -0.2) is 47.9 Å². The van der Waals surface area contributed by atoms with Crippen LogP contribution in [0.2, 0.25) is 0 Å². The molecule has 1 aromatic carbocycles. The Morgan fingerprint density at radius 1 is 1.35 bits per heavy atom. The molecule has 138 valence electrons. The molecule has 1 saturated heterocycles. The number of nitrogens with zero attached hydrogens (tertiary/aromatic N) is 1. The van der Waals surface area contributed by atoms with Gasteiger partial charge in [0.2, 0.25) is 11.8 Å². The first-order chi connectivity index (χ1) is 12.5. The van der Waals surface area contributed by atoms with E-state index in [9.17, 15) is 19.2 Å². The number of nitrogens with two attached hydrogens (primary N) is 1. The van der Waals surface area contributed by atoms with E-state index in [4.69, 9.17) is 10.5 Å². The number of nitrogens with one attached hydrogen (secondary N) is 2. The molecule has 0 saturated carbocycles. The molecule has 1 atom stereocenters. The second kappa shape index (κ2) is 7.52. The number of rotatable bonds is 5. The zero-order valence-electron chi connectivity index (χ0n) is 14.1. The van der Waals surface area contributed by atoms with Gasteiger partial charge in [-0.2, -0.15) is 0 Å². The fourth-order valence-electron chi connectivity index (χ4n) is 3.11. The van der Waals surface area contributed by atoms with Crippen LogP contribution in [0.25, 0.3) is 0 Å². The number of alkyl carbamates (subject to hydrolysis) is 1. The molecule has 9 heteroatoms. The van der Waals surface area contributed by atoms with Gasteiger partial charge in [0.05, 0.1) is 0 Å². The van der Waals surface area contributed by atoms with Gasteiger partial charge in [-0.1, -0.05) is 12.1 Å². The molecule has 0 aromatic heterocycles. The lowest BCUT2D eigenvalue weighted by molar-refractivity contribution is -0.136. The molecule has 1 aromatic rings. The minimum Gasteiger partial charge on any atom is -0.448 e. The van der Waals surface area contributed by atoms with E-state index in [2.05, 4.69) is 10.6 Å². The number of hydrogen-bond donors (Lipinski definition) is 3. The van der Waals surface area contributed by atoms with Crippen LogP contribution in [-0.2, 0) is 27.4 Å². The Bertz CT molecular complexity index is 764. The van der Waals surface area contributed by atoms with Crippen LogP contribution in [0.15, 0.2) is 18.2 Å². The third kappa shape index (κ3) is 3.67. The third-order valence-corrected chi connectivity index (χ3v) is 4.38. The molecule has 0 radical (unpaired) electrons. The number of piperidine rings is 1. The summed E-state index contributed by atoms with van der Waals surface area (Å²) in [6, 6.07) is 4.61. The van der Waals surface area contributed by atoms with E-state index in [1.54, 1.807) is 12.1 Å². The average Bonchev–Trinajstić information content (AvgIpc) is 2.94. The number of carbonyl (C=O) groups excluding carboxylic acids is 4. The summed E-state index contributed by atoms with van der Waals surface area (Å²) in [4.78, 5) is 48.8. The number of imide groups is 1. The van der Waals surface area contributed by atoms with Crippen LogP contribution in [0.1, 0.15) is 34.3 Å². The van der Waals surface area contributed by atoms with Gasteiger partial charge in [0.25, 0.3) is 5.91 Å². The molecule has 4 amide bonds. The van der Waals surface area contributed by atoms with Crippen molar-refractivity contribution < 1.29 is 23.9 Å². The molecule has 0 aliphatic carbocycles. The Labute approximate surface area is 149 Å². The molecular weight excluding hydrogens is 340 g/mol. The molecule has 9 nitrogen and oxygen atoms in total. The van der Waals surface area contributed by atoms with Crippen LogP contribution in [0.3, 0.4) is 0 Å². The summed E-state index contributed by atoms with van der Waals surface area (Å²) in [6.45, 7) is 0.950. The summed E-state index contributed by atoms with van der Waals surface area (Å²) < 4.78 is 4.83. The van der Waals surface area contributed by atoms with Crippen LogP contribution in [0.4, 0.5) is 4.79 Å². The van der Waals surface area contributed by atoms with E-state index in [0.29, 0.717) is 18.5 Å². The highest BCUT2D eigenvalue weighted by atomic mass is 16.5. The van der Waals surface area contributed by atoms with E-state index in [0.717, 1.165) is 11.1 Å². The van der Waals surface area contributed by atoms with E-state index in [1.807, 2.05) is 6.07 Å². The van der Waals surface area contributed by atoms with Gasteiger partial charge in [-0.3, -0.25) is 19.7 Å². The number of amides is 4. The molecule has 2 aliphatic rings. The van der Waals surface area contributed by atoms with Gasteiger partial charge in [-0.05, 0) is 23.6 Å². The Kier molecular flexibility index (Phi) is 5.17. The Morgan fingerprint density at radius 2 is 2.15 bits per heavy atom. The number of benzene rings is 1. The first kappa shape index (κ1) is 17.9. The van der Waals surface area contributed by atoms with Gasteiger partial charge in [0, 0.05) is 31.6 Å². The smallest absolute Gasteiger partial charge is 0.407 e. The van der Waals surface area contributed by atoms with Crippen LogP contribution in [0, 0.1) is 0 Å².